The Morgan fingerprint density at radius 2 is 0.925 bits per heavy atom. The highest BCUT2D eigenvalue weighted by molar-refractivity contribution is 5.88. The third kappa shape index (κ3) is 6.87. The van der Waals surface area contributed by atoms with Crippen LogP contribution >= 0.6 is 0 Å². The number of fused-ring (bicyclic) bond motifs is 2. The molecular formula is C36H42I2N2. The fraction of sp³-hybridized carbons (Fsp3) is 0.333. The van der Waals surface area contributed by atoms with Crippen molar-refractivity contribution in [3.8, 4) is 0 Å². The van der Waals surface area contributed by atoms with Crippen LogP contribution in [0.4, 0.5) is 0 Å². The summed E-state index contributed by atoms with van der Waals surface area (Å²) in [5.74, 6) is 1.02. The zero-order chi connectivity index (χ0) is 26.8. The Balaban J connectivity index is 0.00000220. The zero-order valence-electron chi connectivity index (χ0n) is 24.7. The van der Waals surface area contributed by atoms with Gasteiger partial charge in [0.25, 0.3) is 0 Å². The molecule has 5 rings (SSSR count). The van der Waals surface area contributed by atoms with Gasteiger partial charge in [0.05, 0.1) is 10.8 Å². The second kappa shape index (κ2) is 14.2. The molecule has 0 fully saturated rings. The Morgan fingerprint density at radius 3 is 1.32 bits per heavy atom. The molecule has 5 aromatic rings. The number of rotatable bonds is 8. The summed E-state index contributed by atoms with van der Waals surface area (Å²) in [6, 6.07) is 27.3. The minimum atomic E-state index is 0. The molecule has 0 aliphatic rings. The molecule has 0 aliphatic carbocycles. The quantitative estimate of drug-likeness (QED) is 0.168. The molecule has 0 atom stereocenters. The standard InChI is InChI=1S/C36H42N2.2HI/c1-25(2)31-14-8-12-29-20-22-37(5)33(35(29)31)18-16-27-10-7-11-28(24-27)17-19-34-36-30(21-23-38(34)6)13-9-15-32(36)26(3)4;;/h7-15,20-26H,16-19H2,1-6H3;2*1H/q+2;;/p-2. The minimum Gasteiger partial charge on any atom is -1.00 e. The van der Waals surface area contributed by atoms with Gasteiger partial charge in [0, 0.05) is 25.0 Å². The Hall–Kier alpha value is -2.06. The number of benzene rings is 3. The normalized spacial score (nSPS) is 11.2. The molecule has 2 heterocycles. The lowest BCUT2D eigenvalue weighted by atomic mass is 9.92. The van der Waals surface area contributed by atoms with Gasteiger partial charge in [-0.3, -0.25) is 0 Å². The van der Waals surface area contributed by atoms with Gasteiger partial charge in [-0.15, -0.1) is 0 Å². The molecule has 4 heteroatoms. The highest BCUT2D eigenvalue weighted by Gasteiger charge is 2.19. The highest BCUT2D eigenvalue weighted by atomic mass is 127. The van der Waals surface area contributed by atoms with E-state index >= 15 is 0 Å². The average molecular weight is 757 g/mol. The molecule has 0 bridgehead atoms. The van der Waals surface area contributed by atoms with Crippen molar-refractivity contribution < 1.29 is 57.1 Å². The number of halogens is 2. The summed E-state index contributed by atoms with van der Waals surface area (Å²) in [6.45, 7) is 9.20. The topological polar surface area (TPSA) is 7.76 Å². The van der Waals surface area contributed by atoms with E-state index in [-0.39, 0.29) is 48.0 Å². The lowest BCUT2D eigenvalue weighted by molar-refractivity contribution is -0.677. The summed E-state index contributed by atoms with van der Waals surface area (Å²) in [7, 11) is 4.38. The van der Waals surface area contributed by atoms with Gasteiger partial charge in [-0.25, -0.2) is 9.13 Å². The molecule has 2 aromatic heterocycles. The zero-order valence-corrected chi connectivity index (χ0v) is 29.0. The summed E-state index contributed by atoms with van der Waals surface area (Å²) < 4.78 is 4.65. The first kappa shape index (κ1) is 32.5. The molecule has 0 spiro atoms. The Morgan fingerprint density at radius 1 is 0.525 bits per heavy atom. The van der Waals surface area contributed by atoms with Gasteiger partial charge < -0.3 is 48.0 Å². The molecule has 210 valence electrons. The molecule has 0 saturated heterocycles. The maximum absolute atomic E-state index is 2.43. The van der Waals surface area contributed by atoms with Crippen LogP contribution in [0, 0.1) is 0 Å². The number of hydrogen-bond acceptors (Lipinski definition) is 0. The van der Waals surface area contributed by atoms with Crippen LogP contribution in [-0.4, -0.2) is 0 Å². The van der Waals surface area contributed by atoms with Crippen molar-refractivity contribution in [2.75, 3.05) is 0 Å². The molecule has 0 saturated carbocycles. The van der Waals surface area contributed by atoms with Crippen LogP contribution in [0.3, 0.4) is 0 Å². The molecule has 40 heavy (non-hydrogen) atoms. The van der Waals surface area contributed by atoms with E-state index in [0.29, 0.717) is 11.8 Å². The van der Waals surface area contributed by atoms with E-state index in [9.17, 15) is 0 Å². The van der Waals surface area contributed by atoms with E-state index in [1.807, 2.05) is 0 Å². The van der Waals surface area contributed by atoms with Crippen molar-refractivity contribution in [2.24, 2.45) is 14.1 Å². The average Bonchev–Trinajstić information content (AvgIpc) is 2.91. The van der Waals surface area contributed by atoms with Crippen molar-refractivity contribution in [1.82, 2.24) is 0 Å². The minimum absolute atomic E-state index is 0. The van der Waals surface area contributed by atoms with E-state index < -0.39 is 0 Å². The van der Waals surface area contributed by atoms with Crippen molar-refractivity contribution in [3.63, 3.8) is 0 Å². The largest absolute Gasteiger partial charge is 1.00 e. The van der Waals surface area contributed by atoms with Gasteiger partial charge in [0.15, 0.2) is 23.8 Å². The van der Waals surface area contributed by atoms with Gasteiger partial charge in [-0.2, -0.15) is 0 Å². The fourth-order valence-corrected chi connectivity index (χ4v) is 6.07. The first-order valence-corrected chi connectivity index (χ1v) is 14.2. The monoisotopic (exact) mass is 756 g/mol. The van der Waals surface area contributed by atoms with Gasteiger partial charge in [0.1, 0.15) is 14.1 Å². The molecule has 3 aromatic carbocycles. The maximum atomic E-state index is 2.43. The predicted molar refractivity (Wildman–Crippen MR) is 160 cm³/mol. The lowest BCUT2D eigenvalue weighted by Gasteiger charge is -2.13. The molecular weight excluding hydrogens is 714 g/mol. The number of aromatic nitrogens is 2. The van der Waals surface area contributed by atoms with Gasteiger partial charge in [-0.05, 0) is 57.7 Å². The molecule has 2 nitrogen and oxygen atoms in total. The van der Waals surface area contributed by atoms with E-state index in [4.69, 9.17) is 0 Å². The van der Waals surface area contributed by atoms with Gasteiger partial charge >= 0.3 is 0 Å². The Kier molecular flexibility index (Phi) is 11.5. The predicted octanol–water partition coefficient (Wildman–Crippen LogP) is 1.47. The van der Waals surface area contributed by atoms with Crippen LogP contribution < -0.4 is 57.1 Å². The number of aryl methyl sites for hydroxylation is 6. The van der Waals surface area contributed by atoms with E-state index in [1.54, 1.807) is 0 Å². The van der Waals surface area contributed by atoms with Gasteiger partial charge in [-0.1, -0.05) is 88.4 Å². The molecule has 0 amide bonds. The third-order valence-corrected chi connectivity index (χ3v) is 8.18. The molecule has 0 unspecified atom stereocenters. The van der Waals surface area contributed by atoms with E-state index in [1.165, 1.54) is 55.2 Å². The summed E-state index contributed by atoms with van der Waals surface area (Å²) in [5, 5.41) is 5.57. The van der Waals surface area contributed by atoms with E-state index in [2.05, 4.69) is 136 Å². The van der Waals surface area contributed by atoms with E-state index in [0.717, 1.165) is 25.7 Å². The number of nitrogens with zero attached hydrogens (tertiary/aromatic N) is 2. The van der Waals surface area contributed by atoms with Crippen LogP contribution in [0.1, 0.15) is 73.2 Å². The van der Waals surface area contributed by atoms with Crippen molar-refractivity contribution in [1.29, 1.82) is 0 Å². The van der Waals surface area contributed by atoms with Crippen LogP contribution in [0.2, 0.25) is 0 Å². The van der Waals surface area contributed by atoms with Gasteiger partial charge in [0.2, 0.25) is 0 Å². The van der Waals surface area contributed by atoms with Crippen LogP contribution in [0.25, 0.3) is 21.5 Å². The van der Waals surface area contributed by atoms with Crippen molar-refractivity contribution in [3.05, 3.63) is 119 Å². The fourth-order valence-electron chi connectivity index (χ4n) is 6.07. The first-order chi connectivity index (χ1) is 18.3. The molecule has 0 aliphatic heterocycles. The summed E-state index contributed by atoms with van der Waals surface area (Å²) >= 11 is 0. The summed E-state index contributed by atoms with van der Waals surface area (Å²) in [5.41, 5.74) is 8.61. The summed E-state index contributed by atoms with van der Waals surface area (Å²) in [4.78, 5) is 0. The molecule has 0 radical (unpaired) electrons. The second-order valence-electron chi connectivity index (χ2n) is 11.5. The first-order valence-electron chi connectivity index (χ1n) is 14.2. The lowest BCUT2D eigenvalue weighted by Crippen LogP contribution is -3.00. The van der Waals surface area contributed by atoms with Crippen LogP contribution in [0.5, 0.6) is 0 Å². The highest BCUT2D eigenvalue weighted by Crippen LogP contribution is 2.29. The van der Waals surface area contributed by atoms with Crippen LogP contribution in [-0.2, 0) is 39.8 Å². The SMILES string of the molecule is CC(C)c1cccc2cc[n+](C)c(CCc3cccc(CCc4c5c(C(C)C)cccc5cc[n+]4C)c3)c12.[I-].[I-]. The maximum Gasteiger partial charge on any atom is 0.189 e. The molecule has 0 N–H and O–H groups in total. The summed E-state index contributed by atoms with van der Waals surface area (Å²) in [6.07, 6.45) is 8.61. The Labute approximate surface area is 274 Å². The van der Waals surface area contributed by atoms with Crippen LogP contribution in [0.15, 0.2) is 85.2 Å². The Bertz CT molecular complexity index is 1490. The smallest absolute Gasteiger partial charge is 0.189 e. The van der Waals surface area contributed by atoms with Crippen molar-refractivity contribution >= 4 is 21.5 Å². The third-order valence-electron chi connectivity index (χ3n) is 8.18. The number of hydrogen-bond donors (Lipinski definition) is 0. The van der Waals surface area contributed by atoms with Crippen molar-refractivity contribution in [2.45, 2.75) is 65.2 Å². The second-order valence-corrected chi connectivity index (χ2v) is 11.5. The number of pyridine rings is 2.